The van der Waals surface area contributed by atoms with Gasteiger partial charge in [0.25, 0.3) is 11.8 Å². The van der Waals surface area contributed by atoms with E-state index < -0.39 is 0 Å². The van der Waals surface area contributed by atoms with Crippen LogP contribution in [0.4, 0.5) is 0 Å². The molecule has 4 nitrogen and oxygen atoms in total. The molecule has 2 aliphatic rings. The van der Waals surface area contributed by atoms with Crippen LogP contribution in [-0.4, -0.2) is 29.9 Å². The zero-order chi connectivity index (χ0) is 9.84. The Balaban J connectivity index is 0.000000133. The minimum absolute atomic E-state index is 0.120. The molecule has 2 rings (SSSR count). The highest BCUT2D eigenvalue weighted by Gasteiger charge is 2.52. The Kier molecular flexibility index (Phi) is 3.19. The predicted molar refractivity (Wildman–Crippen MR) is 46.7 cm³/mol. The van der Waals surface area contributed by atoms with Crippen LogP contribution in [0.3, 0.4) is 0 Å². The summed E-state index contributed by atoms with van der Waals surface area (Å²) in [7, 11) is 0. The van der Waals surface area contributed by atoms with Gasteiger partial charge in [-0.15, -0.1) is 0 Å². The lowest BCUT2D eigenvalue weighted by Crippen LogP contribution is -2.12. The largest absolute Gasteiger partial charge is 0.382 e. The summed E-state index contributed by atoms with van der Waals surface area (Å²) >= 11 is 0. The number of hydrogen-bond donors (Lipinski definition) is 0. The van der Waals surface area contributed by atoms with E-state index >= 15 is 0 Å². The molecule has 1 fully saturated rings. The summed E-state index contributed by atoms with van der Waals surface area (Å²) in [6.07, 6.45) is 2.47. The fourth-order valence-corrected chi connectivity index (χ4v) is 0.911. The molecular formula is C9H13NO3. The molecule has 0 bridgehead atoms. The summed E-state index contributed by atoms with van der Waals surface area (Å²) in [6, 6.07) is 0. The minimum Gasteiger partial charge on any atom is -0.382 e. The van der Waals surface area contributed by atoms with Gasteiger partial charge in [-0.1, -0.05) is 6.92 Å². The predicted octanol–water partition coefficient (Wildman–Crippen LogP) is 0.686. The van der Waals surface area contributed by atoms with E-state index in [1.165, 1.54) is 6.08 Å². The Hall–Kier alpha value is -1.16. The van der Waals surface area contributed by atoms with Gasteiger partial charge in [0.2, 0.25) is 0 Å². The average Bonchev–Trinajstić information content (AvgIpc) is 2.65. The molecule has 72 valence electrons. The van der Waals surface area contributed by atoms with Crippen LogP contribution in [0.1, 0.15) is 20.3 Å². The number of imide groups is 1. The SMILES string of the molecule is CCCOCC.O=C1C=C2C(=O)N12. The van der Waals surface area contributed by atoms with Crippen molar-refractivity contribution in [1.29, 1.82) is 0 Å². The van der Waals surface area contributed by atoms with Crippen molar-refractivity contribution < 1.29 is 14.3 Å². The molecule has 0 aromatic carbocycles. The van der Waals surface area contributed by atoms with Gasteiger partial charge in [-0.25, -0.2) is 4.90 Å². The Bertz CT molecular complexity index is 246. The van der Waals surface area contributed by atoms with Gasteiger partial charge in [-0.3, -0.25) is 9.59 Å². The Labute approximate surface area is 77.2 Å². The van der Waals surface area contributed by atoms with Gasteiger partial charge in [0, 0.05) is 19.3 Å². The molecule has 0 aromatic rings. The summed E-state index contributed by atoms with van der Waals surface area (Å²) in [4.78, 5) is 21.4. The van der Waals surface area contributed by atoms with Crippen molar-refractivity contribution in [1.82, 2.24) is 4.90 Å². The molecule has 0 saturated carbocycles. The molecule has 0 atom stereocenters. The van der Waals surface area contributed by atoms with Crippen LogP contribution in [0.5, 0.6) is 0 Å². The minimum atomic E-state index is -0.167. The monoisotopic (exact) mass is 183 g/mol. The van der Waals surface area contributed by atoms with Crippen LogP contribution >= 0.6 is 0 Å². The molecule has 0 unspecified atom stereocenters. The second-order valence-corrected chi connectivity index (χ2v) is 2.71. The number of ether oxygens (including phenoxy) is 1. The fourth-order valence-electron chi connectivity index (χ4n) is 0.911. The normalized spacial score (nSPS) is 16.8. The molecule has 2 aliphatic heterocycles. The smallest absolute Gasteiger partial charge is 0.282 e. The van der Waals surface area contributed by atoms with Crippen molar-refractivity contribution in [3.63, 3.8) is 0 Å². The van der Waals surface area contributed by atoms with Gasteiger partial charge in [0.15, 0.2) is 0 Å². The number of amides is 2. The second-order valence-electron chi connectivity index (χ2n) is 2.71. The van der Waals surface area contributed by atoms with E-state index in [1.807, 2.05) is 6.92 Å². The van der Waals surface area contributed by atoms with Crippen LogP contribution < -0.4 is 0 Å². The molecule has 2 heterocycles. The highest BCUT2D eigenvalue weighted by atomic mass is 16.5. The number of carbonyl (C=O) groups is 2. The molecule has 1 saturated heterocycles. The average molecular weight is 183 g/mol. The molecule has 0 N–H and O–H groups in total. The molecule has 0 aromatic heterocycles. The highest BCUT2D eigenvalue weighted by Crippen LogP contribution is 2.33. The maximum atomic E-state index is 10.1. The summed E-state index contributed by atoms with van der Waals surface area (Å²) < 4.78 is 4.98. The number of carbonyl (C=O) groups excluding carboxylic acids is 2. The number of rotatable bonds is 3. The lowest BCUT2D eigenvalue weighted by Gasteiger charge is -1.93. The molecule has 4 heteroatoms. The Morgan fingerprint density at radius 2 is 2.08 bits per heavy atom. The zero-order valence-corrected chi connectivity index (χ0v) is 7.87. The zero-order valence-electron chi connectivity index (χ0n) is 7.87. The van der Waals surface area contributed by atoms with Crippen molar-refractivity contribution in [3.05, 3.63) is 11.8 Å². The first-order chi connectivity index (χ1) is 6.22. The van der Waals surface area contributed by atoms with Gasteiger partial charge in [-0.2, -0.15) is 0 Å². The summed E-state index contributed by atoms with van der Waals surface area (Å²) in [5, 5.41) is 0. The van der Waals surface area contributed by atoms with Crippen molar-refractivity contribution in [2.24, 2.45) is 0 Å². The molecule has 0 aliphatic carbocycles. The molecular weight excluding hydrogens is 170 g/mol. The van der Waals surface area contributed by atoms with Crippen LogP contribution in [0.25, 0.3) is 0 Å². The second kappa shape index (κ2) is 4.18. The van der Waals surface area contributed by atoms with E-state index in [1.54, 1.807) is 0 Å². The lowest BCUT2D eigenvalue weighted by molar-refractivity contribution is -0.126. The van der Waals surface area contributed by atoms with Crippen molar-refractivity contribution in [2.45, 2.75) is 20.3 Å². The number of nitrogens with zero attached hydrogens (tertiary/aromatic N) is 1. The van der Waals surface area contributed by atoms with E-state index in [9.17, 15) is 9.59 Å². The Morgan fingerprint density at radius 3 is 2.15 bits per heavy atom. The summed E-state index contributed by atoms with van der Waals surface area (Å²) in [5.41, 5.74) is 0.574. The van der Waals surface area contributed by atoms with Crippen molar-refractivity contribution >= 4 is 11.8 Å². The first-order valence-electron chi connectivity index (χ1n) is 4.40. The van der Waals surface area contributed by atoms with E-state index in [0.717, 1.165) is 24.5 Å². The first-order valence-corrected chi connectivity index (χ1v) is 4.40. The molecule has 2 amide bonds. The number of hydrogen-bond acceptors (Lipinski definition) is 3. The molecule has 0 radical (unpaired) electrons. The maximum absolute atomic E-state index is 10.1. The molecule has 13 heavy (non-hydrogen) atoms. The Morgan fingerprint density at radius 1 is 1.38 bits per heavy atom. The lowest BCUT2D eigenvalue weighted by atomic mass is 10.4. The number of fused-ring (bicyclic) bond motifs is 1. The fraction of sp³-hybridized carbons (Fsp3) is 0.556. The van der Waals surface area contributed by atoms with Gasteiger partial charge in [-0.05, 0) is 13.3 Å². The third-order valence-corrected chi connectivity index (χ3v) is 1.65. The first kappa shape index (κ1) is 9.92. The van der Waals surface area contributed by atoms with Crippen molar-refractivity contribution in [2.75, 3.05) is 13.2 Å². The van der Waals surface area contributed by atoms with Crippen LogP contribution in [0.2, 0.25) is 0 Å². The van der Waals surface area contributed by atoms with E-state index in [0.29, 0.717) is 5.70 Å². The van der Waals surface area contributed by atoms with Crippen LogP contribution in [0.15, 0.2) is 11.8 Å². The third kappa shape index (κ3) is 2.15. The van der Waals surface area contributed by atoms with E-state index in [4.69, 9.17) is 4.74 Å². The molecule has 0 spiro atoms. The highest BCUT2D eigenvalue weighted by molar-refractivity contribution is 6.32. The topological polar surface area (TPSA) is 46.4 Å². The standard InChI is InChI=1S/C5H12O.C4HNO2/c1-3-5-6-4-2;6-3-1-2-4(7)5(2)3/h3-5H2,1-2H3;1H. The maximum Gasteiger partial charge on any atom is 0.282 e. The van der Waals surface area contributed by atoms with Gasteiger partial charge in [0.05, 0.1) is 0 Å². The van der Waals surface area contributed by atoms with Crippen LogP contribution in [-0.2, 0) is 14.3 Å². The van der Waals surface area contributed by atoms with Gasteiger partial charge in [0.1, 0.15) is 5.70 Å². The van der Waals surface area contributed by atoms with Gasteiger partial charge < -0.3 is 4.74 Å². The van der Waals surface area contributed by atoms with E-state index in [-0.39, 0.29) is 11.8 Å². The summed E-state index contributed by atoms with van der Waals surface area (Å²) in [5.74, 6) is -0.287. The quantitative estimate of drug-likeness (QED) is 0.367. The third-order valence-electron chi connectivity index (χ3n) is 1.65. The van der Waals surface area contributed by atoms with Crippen LogP contribution in [0, 0.1) is 0 Å². The summed E-state index contributed by atoms with van der Waals surface area (Å²) in [6.45, 7) is 5.88. The van der Waals surface area contributed by atoms with E-state index in [2.05, 4.69) is 6.92 Å². The van der Waals surface area contributed by atoms with Gasteiger partial charge >= 0.3 is 0 Å². The van der Waals surface area contributed by atoms with Crippen molar-refractivity contribution in [3.8, 4) is 0 Å².